The first kappa shape index (κ1) is 24.1. The third-order valence-corrected chi connectivity index (χ3v) is 5.85. The highest BCUT2D eigenvalue weighted by molar-refractivity contribution is 7.89. The molecule has 0 atom stereocenters. The first-order chi connectivity index (χ1) is 15.9. The van der Waals surface area contributed by atoms with Gasteiger partial charge in [-0.1, -0.05) is 6.07 Å². The minimum absolute atomic E-state index is 0.123. The minimum atomic E-state index is -3.65. The molecule has 0 radical (unpaired) electrons. The first-order valence-electron chi connectivity index (χ1n) is 10.1. The molecule has 0 bridgehead atoms. The largest absolute Gasteiger partial charge is 0.383 e. The molecule has 0 aliphatic carbocycles. The molecule has 0 saturated carbocycles. The second-order valence-corrected chi connectivity index (χ2v) is 8.79. The zero-order valence-electron chi connectivity index (χ0n) is 18.3. The van der Waals surface area contributed by atoms with Crippen LogP contribution in [0.3, 0.4) is 0 Å². The van der Waals surface area contributed by atoms with E-state index in [9.17, 15) is 13.2 Å². The predicted molar refractivity (Wildman–Crippen MR) is 127 cm³/mol. The van der Waals surface area contributed by atoms with E-state index < -0.39 is 10.0 Å². The van der Waals surface area contributed by atoms with E-state index in [-0.39, 0.29) is 24.0 Å². The summed E-state index contributed by atoms with van der Waals surface area (Å²) < 4.78 is 32.2. The number of rotatable bonds is 11. The fourth-order valence-electron chi connectivity index (χ4n) is 2.85. The van der Waals surface area contributed by atoms with Crippen molar-refractivity contribution in [2.24, 2.45) is 0 Å². The van der Waals surface area contributed by atoms with Crippen molar-refractivity contribution in [1.29, 1.82) is 0 Å². The monoisotopic (exact) mass is 470 g/mol. The van der Waals surface area contributed by atoms with E-state index in [4.69, 9.17) is 4.74 Å². The van der Waals surface area contributed by atoms with E-state index in [2.05, 4.69) is 30.6 Å². The van der Waals surface area contributed by atoms with Gasteiger partial charge in [0.05, 0.1) is 23.7 Å². The van der Waals surface area contributed by atoms with Crippen LogP contribution in [0.25, 0.3) is 0 Å². The van der Waals surface area contributed by atoms with Crippen LogP contribution in [0.1, 0.15) is 12.6 Å². The number of nitrogens with zero attached hydrogens (tertiary/aromatic N) is 2. The number of carbonyl (C=O) groups is 1. The second kappa shape index (κ2) is 11.4. The number of ether oxygens (including phenoxy) is 1. The highest BCUT2D eigenvalue weighted by atomic mass is 32.2. The third kappa shape index (κ3) is 7.52. The molecule has 33 heavy (non-hydrogen) atoms. The molecular formula is C22H26N6O4S. The number of aromatic nitrogens is 2. The van der Waals surface area contributed by atoms with Gasteiger partial charge in [-0.2, -0.15) is 0 Å². The summed E-state index contributed by atoms with van der Waals surface area (Å²) in [5.41, 5.74) is 2.88. The Morgan fingerprint density at radius 3 is 2.52 bits per heavy atom. The smallest absolute Gasteiger partial charge is 0.240 e. The van der Waals surface area contributed by atoms with Gasteiger partial charge in [0.25, 0.3) is 0 Å². The number of sulfonamides is 1. The van der Waals surface area contributed by atoms with Gasteiger partial charge in [0.1, 0.15) is 0 Å². The number of anilines is 4. The van der Waals surface area contributed by atoms with Gasteiger partial charge in [-0.15, -0.1) is 0 Å². The first-order valence-corrected chi connectivity index (χ1v) is 11.6. The van der Waals surface area contributed by atoms with Crippen molar-refractivity contribution in [3.63, 3.8) is 0 Å². The molecule has 0 aliphatic rings. The maximum Gasteiger partial charge on any atom is 0.240 e. The fraction of sp³-hybridized carbons (Fsp3) is 0.227. The summed E-state index contributed by atoms with van der Waals surface area (Å²) in [5, 5.41) is 9.02. The van der Waals surface area contributed by atoms with E-state index in [0.29, 0.717) is 18.2 Å². The molecule has 1 aromatic heterocycles. The zero-order valence-corrected chi connectivity index (χ0v) is 19.1. The summed E-state index contributed by atoms with van der Waals surface area (Å²) in [5.74, 6) is 0.222. The Bertz CT molecular complexity index is 1190. The maximum atomic E-state index is 12.4. The number of hydrogen-bond acceptors (Lipinski definition) is 8. The van der Waals surface area contributed by atoms with Crippen LogP contribution in [0.15, 0.2) is 65.7 Å². The lowest BCUT2D eigenvalue weighted by atomic mass is 10.2. The molecule has 2 aromatic carbocycles. The molecule has 0 saturated heterocycles. The van der Waals surface area contributed by atoms with E-state index in [1.807, 2.05) is 24.3 Å². The predicted octanol–water partition coefficient (Wildman–Crippen LogP) is 2.72. The molecule has 174 valence electrons. The van der Waals surface area contributed by atoms with Crippen molar-refractivity contribution in [1.82, 2.24) is 14.7 Å². The molecule has 1 heterocycles. The quantitative estimate of drug-likeness (QED) is 0.314. The van der Waals surface area contributed by atoms with E-state index in [0.717, 1.165) is 17.1 Å². The number of amides is 1. The average molecular weight is 471 g/mol. The van der Waals surface area contributed by atoms with Gasteiger partial charge >= 0.3 is 0 Å². The normalized spacial score (nSPS) is 11.1. The van der Waals surface area contributed by atoms with Crippen molar-refractivity contribution in [3.8, 4) is 0 Å². The lowest BCUT2D eigenvalue weighted by Gasteiger charge is -2.11. The Hall–Kier alpha value is -3.54. The van der Waals surface area contributed by atoms with E-state index in [1.165, 1.54) is 26.2 Å². The molecule has 10 nitrogen and oxygen atoms in total. The number of carbonyl (C=O) groups excluding carboxylic acids is 1. The standard InChI is InChI=1S/C22H26N6O4S/c1-16(29)26-18-8-6-17(7-9-18)24-15-20-10-11-23-22(28-20)27-19-4-3-5-21(14-19)33(30,31)25-12-13-32-2/h3-11,14,24-25H,12-13,15H2,1-2H3,(H,26,29)(H,23,27,28). The Labute approximate surface area is 192 Å². The van der Waals surface area contributed by atoms with Crippen molar-refractivity contribution >= 4 is 38.9 Å². The Morgan fingerprint density at radius 1 is 1.03 bits per heavy atom. The van der Waals surface area contributed by atoms with E-state index in [1.54, 1.807) is 24.4 Å². The van der Waals surface area contributed by atoms with Crippen LogP contribution in [0.5, 0.6) is 0 Å². The topological polar surface area (TPSA) is 134 Å². The molecule has 0 fully saturated rings. The van der Waals surface area contributed by atoms with Crippen LogP contribution >= 0.6 is 0 Å². The molecular weight excluding hydrogens is 444 g/mol. The summed E-state index contributed by atoms with van der Waals surface area (Å²) >= 11 is 0. The minimum Gasteiger partial charge on any atom is -0.383 e. The molecule has 0 unspecified atom stereocenters. The highest BCUT2D eigenvalue weighted by Gasteiger charge is 2.14. The molecule has 3 aromatic rings. The average Bonchev–Trinajstić information content (AvgIpc) is 2.79. The van der Waals surface area contributed by atoms with Gasteiger partial charge in [-0.25, -0.2) is 23.1 Å². The van der Waals surface area contributed by atoms with Gasteiger partial charge < -0.3 is 20.7 Å². The lowest BCUT2D eigenvalue weighted by Crippen LogP contribution is -2.27. The molecule has 3 rings (SSSR count). The molecule has 4 N–H and O–H groups in total. The van der Waals surface area contributed by atoms with Crippen LogP contribution in [0.2, 0.25) is 0 Å². The number of nitrogens with one attached hydrogen (secondary N) is 4. The Balaban J connectivity index is 1.62. The lowest BCUT2D eigenvalue weighted by molar-refractivity contribution is -0.114. The number of benzene rings is 2. The van der Waals surface area contributed by atoms with Crippen molar-refractivity contribution in [2.75, 3.05) is 36.2 Å². The van der Waals surface area contributed by atoms with Crippen molar-refractivity contribution < 1.29 is 17.9 Å². The van der Waals surface area contributed by atoms with Gasteiger partial charge in [0.15, 0.2) is 0 Å². The van der Waals surface area contributed by atoms with Gasteiger partial charge in [-0.05, 0) is 48.5 Å². The zero-order chi connectivity index (χ0) is 23.7. The summed E-state index contributed by atoms with van der Waals surface area (Å²) in [6.07, 6.45) is 1.62. The maximum absolute atomic E-state index is 12.4. The van der Waals surface area contributed by atoms with Crippen LogP contribution in [-0.2, 0) is 26.1 Å². The van der Waals surface area contributed by atoms with Crippen LogP contribution in [0, 0.1) is 0 Å². The van der Waals surface area contributed by atoms with Crippen LogP contribution in [-0.4, -0.2) is 44.6 Å². The Morgan fingerprint density at radius 2 is 1.79 bits per heavy atom. The second-order valence-electron chi connectivity index (χ2n) is 7.03. The van der Waals surface area contributed by atoms with Gasteiger partial charge in [0, 0.05) is 43.8 Å². The summed E-state index contributed by atoms with van der Waals surface area (Å²) in [6.45, 7) is 2.38. The molecule has 11 heteroatoms. The van der Waals surface area contributed by atoms with Crippen LogP contribution < -0.4 is 20.7 Å². The number of methoxy groups -OCH3 is 1. The van der Waals surface area contributed by atoms with Crippen molar-refractivity contribution in [3.05, 3.63) is 66.5 Å². The van der Waals surface area contributed by atoms with Crippen LogP contribution in [0.4, 0.5) is 23.0 Å². The van der Waals surface area contributed by atoms with Gasteiger partial charge in [0.2, 0.25) is 21.9 Å². The SMILES string of the molecule is COCCNS(=O)(=O)c1cccc(Nc2nccc(CNc3ccc(NC(C)=O)cc3)n2)c1. The molecule has 0 aliphatic heterocycles. The summed E-state index contributed by atoms with van der Waals surface area (Å²) in [6, 6.07) is 15.5. The highest BCUT2D eigenvalue weighted by Crippen LogP contribution is 2.19. The van der Waals surface area contributed by atoms with Crippen molar-refractivity contribution in [2.45, 2.75) is 18.4 Å². The summed E-state index contributed by atoms with van der Waals surface area (Å²) in [7, 11) is -2.14. The van der Waals surface area contributed by atoms with Gasteiger partial charge in [-0.3, -0.25) is 4.79 Å². The Kier molecular flexibility index (Phi) is 8.30. The third-order valence-electron chi connectivity index (χ3n) is 4.39. The summed E-state index contributed by atoms with van der Waals surface area (Å²) in [4.78, 5) is 19.9. The molecule has 0 spiro atoms. The fourth-order valence-corrected chi connectivity index (χ4v) is 3.91. The van der Waals surface area contributed by atoms with E-state index >= 15 is 0 Å². The molecule has 1 amide bonds. The number of hydrogen-bond donors (Lipinski definition) is 4.